The van der Waals surface area contributed by atoms with E-state index in [1.165, 1.54) is 38.0 Å². The lowest BCUT2D eigenvalue weighted by Crippen LogP contribution is -2.47. The molecule has 1 atom stereocenters. The van der Waals surface area contributed by atoms with E-state index in [4.69, 9.17) is 4.74 Å². The van der Waals surface area contributed by atoms with Crippen LogP contribution in [0.5, 0.6) is 0 Å². The molecule has 0 unspecified atom stereocenters. The summed E-state index contributed by atoms with van der Waals surface area (Å²) in [6, 6.07) is 11.4. The van der Waals surface area contributed by atoms with Crippen molar-refractivity contribution in [1.29, 1.82) is 0 Å². The van der Waals surface area contributed by atoms with Gasteiger partial charge in [-0.15, -0.1) is 0 Å². The van der Waals surface area contributed by atoms with Crippen LogP contribution in [0.2, 0.25) is 0 Å². The topological polar surface area (TPSA) is 35.9 Å². The summed E-state index contributed by atoms with van der Waals surface area (Å²) >= 11 is 0. The Balaban J connectivity index is 1.42. The van der Waals surface area contributed by atoms with Crippen LogP contribution in [0.25, 0.3) is 0 Å². The summed E-state index contributed by atoms with van der Waals surface area (Å²) in [5, 5.41) is 9.44. The van der Waals surface area contributed by atoms with Gasteiger partial charge in [0.05, 0.1) is 13.2 Å². The van der Waals surface area contributed by atoms with E-state index in [0.29, 0.717) is 12.6 Å². The first-order chi connectivity index (χ1) is 11.3. The summed E-state index contributed by atoms with van der Waals surface area (Å²) in [6.07, 6.45) is 3.63. The number of hydrogen-bond acceptors (Lipinski definition) is 4. The van der Waals surface area contributed by atoms with Crippen LogP contribution in [0.3, 0.4) is 0 Å². The van der Waals surface area contributed by atoms with Crippen molar-refractivity contribution < 1.29 is 9.84 Å². The van der Waals surface area contributed by atoms with Crippen LogP contribution in [0.1, 0.15) is 18.4 Å². The van der Waals surface area contributed by atoms with Crippen molar-refractivity contribution in [3.8, 4) is 0 Å². The van der Waals surface area contributed by atoms with Gasteiger partial charge < -0.3 is 14.7 Å². The Bertz CT molecular complexity index is 446. The normalized spacial score (nSPS) is 25.3. The molecular formula is C19H30N2O2. The fourth-order valence-electron chi connectivity index (χ4n) is 3.79. The van der Waals surface area contributed by atoms with Crippen LogP contribution in [0.15, 0.2) is 30.3 Å². The predicted molar refractivity (Wildman–Crippen MR) is 92.6 cm³/mol. The van der Waals surface area contributed by atoms with E-state index in [9.17, 15) is 5.11 Å². The molecule has 0 radical (unpaired) electrons. The van der Waals surface area contributed by atoms with Gasteiger partial charge in [0, 0.05) is 38.2 Å². The molecule has 4 nitrogen and oxygen atoms in total. The van der Waals surface area contributed by atoms with Gasteiger partial charge in [0.1, 0.15) is 0 Å². The molecule has 2 heterocycles. The lowest BCUT2D eigenvalue weighted by molar-refractivity contribution is 0.0916. The van der Waals surface area contributed by atoms with Crippen LogP contribution >= 0.6 is 0 Å². The number of piperidine rings is 1. The van der Waals surface area contributed by atoms with E-state index in [2.05, 4.69) is 40.1 Å². The van der Waals surface area contributed by atoms with Gasteiger partial charge in [-0.25, -0.2) is 0 Å². The van der Waals surface area contributed by atoms with Crippen molar-refractivity contribution in [2.24, 2.45) is 5.92 Å². The second-order valence-electron chi connectivity index (χ2n) is 6.93. The van der Waals surface area contributed by atoms with Crippen molar-refractivity contribution in [1.82, 2.24) is 9.80 Å². The summed E-state index contributed by atoms with van der Waals surface area (Å²) in [7, 11) is 0. The maximum absolute atomic E-state index is 9.44. The number of aliphatic hydroxyl groups excluding tert-OH is 1. The highest BCUT2D eigenvalue weighted by Crippen LogP contribution is 2.19. The van der Waals surface area contributed by atoms with E-state index in [1.54, 1.807) is 0 Å². The summed E-state index contributed by atoms with van der Waals surface area (Å²) in [4.78, 5) is 5.16. The number of rotatable bonds is 5. The molecule has 4 heteroatoms. The molecule has 3 rings (SSSR count). The van der Waals surface area contributed by atoms with Crippen molar-refractivity contribution in [3.63, 3.8) is 0 Å². The average molecular weight is 318 g/mol. The molecule has 2 fully saturated rings. The van der Waals surface area contributed by atoms with Gasteiger partial charge in [-0.2, -0.15) is 0 Å². The SMILES string of the molecule is OC[C@H]1COCCN(C2CCN(CCc3ccccc3)CC2)C1. The van der Waals surface area contributed by atoms with Crippen LogP contribution in [0, 0.1) is 5.92 Å². The Hall–Kier alpha value is -0.940. The van der Waals surface area contributed by atoms with Crippen LogP contribution in [-0.2, 0) is 11.2 Å². The van der Waals surface area contributed by atoms with Crippen LogP contribution in [0.4, 0.5) is 0 Å². The Morgan fingerprint density at radius 1 is 1.09 bits per heavy atom. The standard InChI is InChI=1S/C19H30N2O2/c22-15-18-14-21(12-13-23-16-18)19-7-10-20(11-8-19)9-6-17-4-2-1-3-5-17/h1-5,18-19,22H,6-16H2/t18-/m0/s1. The quantitative estimate of drug-likeness (QED) is 0.895. The Morgan fingerprint density at radius 2 is 1.87 bits per heavy atom. The van der Waals surface area contributed by atoms with Crippen molar-refractivity contribution >= 4 is 0 Å². The zero-order chi connectivity index (χ0) is 15.9. The maximum Gasteiger partial charge on any atom is 0.0593 e. The molecule has 0 spiro atoms. The molecule has 128 valence electrons. The molecule has 2 saturated heterocycles. The lowest BCUT2D eigenvalue weighted by atomic mass is 10.0. The molecule has 0 saturated carbocycles. The second kappa shape index (κ2) is 8.78. The van der Waals surface area contributed by atoms with E-state index >= 15 is 0 Å². The maximum atomic E-state index is 9.44. The third-order valence-electron chi connectivity index (χ3n) is 5.26. The monoisotopic (exact) mass is 318 g/mol. The van der Waals surface area contributed by atoms with Crippen molar-refractivity contribution in [2.75, 3.05) is 52.5 Å². The highest BCUT2D eigenvalue weighted by atomic mass is 16.5. The van der Waals surface area contributed by atoms with Gasteiger partial charge in [0.15, 0.2) is 0 Å². The zero-order valence-electron chi connectivity index (χ0n) is 14.1. The highest BCUT2D eigenvalue weighted by Gasteiger charge is 2.27. The second-order valence-corrected chi connectivity index (χ2v) is 6.93. The number of aliphatic hydroxyl groups is 1. The van der Waals surface area contributed by atoms with E-state index < -0.39 is 0 Å². The smallest absolute Gasteiger partial charge is 0.0593 e. The number of hydrogen-bond donors (Lipinski definition) is 1. The Morgan fingerprint density at radius 3 is 2.61 bits per heavy atom. The summed E-state index contributed by atoms with van der Waals surface area (Å²) < 4.78 is 5.62. The number of nitrogens with zero attached hydrogens (tertiary/aromatic N) is 2. The molecule has 2 aliphatic heterocycles. The Labute approximate surface area is 140 Å². The highest BCUT2D eigenvalue weighted by molar-refractivity contribution is 5.14. The van der Waals surface area contributed by atoms with Crippen molar-refractivity contribution in [3.05, 3.63) is 35.9 Å². The number of benzene rings is 1. The van der Waals surface area contributed by atoms with Gasteiger partial charge in [-0.1, -0.05) is 30.3 Å². The zero-order valence-corrected chi connectivity index (χ0v) is 14.1. The van der Waals surface area contributed by atoms with Gasteiger partial charge in [0.25, 0.3) is 0 Å². The summed E-state index contributed by atoms with van der Waals surface area (Å²) in [5.74, 6) is 0.286. The Kier molecular flexibility index (Phi) is 6.46. The minimum atomic E-state index is 0.242. The number of likely N-dealkylation sites (tertiary alicyclic amines) is 1. The molecule has 0 amide bonds. The van der Waals surface area contributed by atoms with Crippen LogP contribution in [-0.4, -0.2) is 73.5 Å². The third kappa shape index (κ3) is 5.01. The first kappa shape index (κ1) is 16.9. The van der Waals surface area contributed by atoms with E-state index in [1.807, 2.05) is 0 Å². The molecule has 0 aromatic heterocycles. The fraction of sp³-hybridized carbons (Fsp3) is 0.684. The van der Waals surface area contributed by atoms with Gasteiger partial charge >= 0.3 is 0 Å². The molecule has 0 aliphatic carbocycles. The minimum absolute atomic E-state index is 0.242. The van der Waals surface area contributed by atoms with Crippen molar-refractivity contribution in [2.45, 2.75) is 25.3 Å². The lowest BCUT2D eigenvalue weighted by Gasteiger charge is -2.38. The first-order valence-electron chi connectivity index (χ1n) is 9.04. The third-order valence-corrected chi connectivity index (χ3v) is 5.26. The largest absolute Gasteiger partial charge is 0.396 e. The molecule has 1 aromatic rings. The van der Waals surface area contributed by atoms with Gasteiger partial charge in [-0.3, -0.25) is 4.90 Å². The van der Waals surface area contributed by atoms with E-state index in [-0.39, 0.29) is 12.5 Å². The molecule has 0 bridgehead atoms. The number of ether oxygens (including phenoxy) is 1. The molecule has 1 aromatic carbocycles. The predicted octanol–water partition coefficient (Wildman–Crippen LogP) is 1.63. The minimum Gasteiger partial charge on any atom is -0.396 e. The first-order valence-corrected chi connectivity index (χ1v) is 9.04. The average Bonchev–Trinajstić information content (AvgIpc) is 2.87. The summed E-state index contributed by atoms with van der Waals surface area (Å²) in [5.41, 5.74) is 1.44. The van der Waals surface area contributed by atoms with Gasteiger partial charge in [0.2, 0.25) is 0 Å². The molecular weight excluding hydrogens is 288 g/mol. The molecule has 2 aliphatic rings. The molecule has 23 heavy (non-hydrogen) atoms. The van der Waals surface area contributed by atoms with Gasteiger partial charge in [-0.05, 0) is 37.9 Å². The van der Waals surface area contributed by atoms with E-state index in [0.717, 1.165) is 26.1 Å². The summed E-state index contributed by atoms with van der Waals surface area (Å²) in [6.45, 7) is 7.33. The molecule has 1 N–H and O–H groups in total. The van der Waals surface area contributed by atoms with Crippen LogP contribution < -0.4 is 0 Å². The fourth-order valence-corrected chi connectivity index (χ4v) is 3.79.